The third-order valence-electron chi connectivity index (χ3n) is 10.3. The normalized spacial score (nSPS) is 53.2. The first-order chi connectivity index (χ1) is 12.6. The molecule has 0 aliphatic heterocycles. The molecule has 154 valence electrons. The molecule has 3 unspecified atom stereocenters. The lowest BCUT2D eigenvalue weighted by molar-refractivity contribution is -0.148. The maximum Gasteiger partial charge on any atom is 0.130 e. The number of Topliss-reactive ketones (excluding diaryl/α,β-unsaturated/α-hetero) is 1. The summed E-state index contributed by atoms with van der Waals surface area (Å²) in [5, 5.41) is 10.7. The van der Waals surface area contributed by atoms with Gasteiger partial charge in [-0.15, -0.1) is 0 Å². The van der Waals surface area contributed by atoms with E-state index in [4.69, 9.17) is 0 Å². The molecule has 0 aromatic rings. The van der Waals surface area contributed by atoms with Crippen molar-refractivity contribution >= 4 is 5.78 Å². The number of ketones is 1. The fourth-order valence-electron chi connectivity index (χ4n) is 9.00. The SMILES string of the molecule is CC(=O)C[C@@H](C)[C@H]1CCC2C3CC[C@H]4C[C@@](C)(O)CC[C@]4(C)C3CC[C@@]21C. The lowest BCUT2D eigenvalue weighted by Gasteiger charge is -2.62. The van der Waals surface area contributed by atoms with E-state index in [1.54, 1.807) is 6.92 Å². The summed E-state index contributed by atoms with van der Waals surface area (Å²) in [6.07, 6.45) is 12.2. The Kier molecular flexibility index (Phi) is 4.85. The molecule has 2 heteroatoms. The van der Waals surface area contributed by atoms with E-state index in [0.29, 0.717) is 22.5 Å². The van der Waals surface area contributed by atoms with Crippen molar-refractivity contribution in [1.82, 2.24) is 0 Å². The molecular weight excluding hydrogens is 332 g/mol. The van der Waals surface area contributed by atoms with Gasteiger partial charge in [-0.3, -0.25) is 0 Å². The zero-order chi connectivity index (χ0) is 19.6. The van der Waals surface area contributed by atoms with Crippen LogP contribution in [0.1, 0.15) is 98.8 Å². The molecule has 0 heterocycles. The number of fused-ring (bicyclic) bond motifs is 5. The van der Waals surface area contributed by atoms with Gasteiger partial charge in [0.2, 0.25) is 0 Å². The fourth-order valence-corrected chi connectivity index (χ4v) is 9.00. The second-order valence-electron chi connectivity index (χ2n) is 12.0. The minimum absolute atomic E-state index is 0.366. The molecule has 9 atom stereocenters. The zero-order valence-corrected chi connectivity index (χ0v) is 18.4. The summed E-state index contributed by atoms with van der Waals surface area (Å²) in [6.45, 7) is 11.3. The van der Waals surface area contributed by atoms with Crippen molar-refractivity contribution < 1.29 is 9.90 Å². The van der Waals surface area contributed by atoms with Gasteiger partial charge in [0.15, 0.2) is 0 Å². The number of rotatable bonds is 3. The topological polar surface area (TPSA) is 37.3 Å². The Morgan fingerprint density at radius 2 is 1.67 bits per heavy atom. The van der Waals surface area contributed by atoms with Crippen LogP contribution in [0.25, 0.3) is 0 Å². The zero-order valence-electron chi connectivity index (χ0n) is 18.4. The van der Waals surface area contributed by atoms with Crippen LogP contribution in [-0.2, 0) is 4.79 Å². The number of carbonyl (C=O) groups is 1. The highest BCUT2D eigenvalue weighted by molar-refractivity contribution is 5.75. The van der Waals surface area contributed by atoms with Crippen LogP contribution in [-0.4, -0.2) is 16.5 Å². The Morgan fingerprint density at radius 1 is 0.963 bits per heavy atom. The van der Waals surface area contributed by atoms with Crippen molar-refractivity contribution in [2.75, 3.05) is 0 Å². The lowest BCUT2D eigenvalue weighted by atomic mass is 9.43. The monoisotopic (exact) mass is 374 g/mol. The van der Waals surface area contributed by atoms with Crippen molar-refractivity contribution in [1.29, 1.82) is 0 Å². The summed E-state index contributed by atoms with van der Waals surface area (Å²) >= 11 is 0. The molecule has 0 radical (unpaired) electrons. The third-order valence-corrected chi connectivity index (χ3v) is 10.3. The fraction of sp³-hybridized carbons (Fsp3) is 0.960. The highest BCUT2D eigenvalue weighted by atomic mass is 16.3. The molecule has 0 amide bonds. The van der Waals surface area contributed by atoms with E-state index in [9.17, 15) is 9.90 Å². The van der Waals surface area contributed by atoms with Gasteiger partial charge < -0.3 is 9.90 Å². The van der Waals surface area contributed by atoms with Crippen LogP contribution in [0, 0.1) is 46.3 Å². The van der Waals surface area contributed by atoms with Crippen LogP contribution in [0.15, 0.2) is 0 Å². The average Bonchev–Trinajstić information content (AvgIpc) is 2.92. The van der Waals surface area contributed by atoms with E-state index < -0.39 is 5.60 Å². The summed E-state index contributed by atoms with van der Waals surface area (Å²) in [4.78, 5) is 11.7. The van der Waals surface area contributed by atoms with Crippen molar-refractivity contribution in [3.8, 4) is 0 Å². The van der Waals surface area contributed by atoms with Gasteiger partial charge in [0.05, 0.1) is 5.60 Å². The van der Waals surface area contributed by atoms with E-state index in [1.807, 2.05) is 0 Å². The Hall–Kier alpha value is -0.370. The van der Waals surface area contributed by atoms with Gasteiger partial charge in [0, 0.05) is 6.42 Å². The molecule has 27 heavy (non-hydrogen) atoms. The second-order valence-corrected chi connectivity index (χ2v) is 12.0. The van der Waals surface area contributed by atoms with E-state index in [0.717, 1.165) is 48.9 Å². The van der Waals surface area contributed by atoms with Crippen LogP contribution in [0.2, 0.25) is 0 Å². The van der Waals surface area contributed by atoms with Crippen molar-refractivity contribution in [3.05, 3.63) is 0 Å². The highest BCUT2D eigenvalue weighted by Gasteiger charge is 2.61. The molecule has 4 aliphatic carbocycles. The summed E-state index contributed by atoms with van der Waals surface area (Å²) < 4.78 is 0. The van der Waals surface area contributed by atoms with E-state index in [1.165, 1.54) is 44.9 Å². The van der Waals surface area contributed by atoms with Gasteiger partial charge >= 0.3 is 0 Å². The predicted octanol–water partition coefficient (Wildman–Crippen LogP) is 6.01. The van der Waals surface area contributed by atoms with Gasteiger partial charge in [0.25, 0.3) is 0 Å². The Morgan fingerprint density at radius 3 is 2.37 bits per heavy atom. The number of hydrogen-bond acceptors (Lipinski definition) is 2. The molecule has 4 saturated carbocycles. The maximum absolute atomic E-state index is 11.7. The quantitative estimate of drug-likeness (QED) is 0.656. The Bertz CT molecular complexity index is 595. The lowest BCUT2D eigenvalue weighted by Crippen LogP contribution is -2.55. The van der Waals surface area contributed by atoms with Gasteiger partial charge in [-0.05, 0) is 118 Å². The number of hydrogen-bond donors (Lipinski definition) is 1. The first-order valence-electron chi connectivity index (χ1n) is 11.8. The first-order valence-corrected chi connectivity index (χ1v) is 11.8. The molecule has 0 bridgehead atoms. The summed E-state index contributed by atoms with van der Waals surface area (Å²) in [5.74, 6) is 5.01. The van der Waals surface area contributed by atoms with Gasteiger partial charge in [-0.25, -0.2) is 0 Å². The first kappa shape index (κ1) is 19.9. The third kappa shape index (κ3) is 3.13. The second kappa shape index (κ2) is 6.57. The summed E-state index contributed by atoms with van der Waals surface area (Å²) in [5.41, 5.74) is 0.482. The smallest absolute Gasteiger partial charge is 0.130 e. The molecule has 0 aromatic carbocycles. The largest absolute Gasteiger partial charge is 0.390 e. The molecule has 1 N–H and O–H groups in total. The van der Waals surface area contributed by atoms with Crippen molar-refractivity contribution in [2.45, 2.75) is 104 Å². The highest BCUT2D eigenvalue weighted by Crippen LogP contribution is 2.68. The molecule has 4 rings (SSSR count). The van der Waals surface area contributed by atoms with Gasteiger partial charge in [-0.1, -0.05) is 20.8 Å². The van der Waals surface area contributed by atoms with Crippen molar-refractivity contribution in [2.24, 2.45) is 46.3 Å². The molecule has 2 nitrogen and oxygen atoms in total. The van der Waals surface area contributed by atoms with Crippen LogP contribution in [0.3, 0.4) is 0 Å². The van der Waals surface area contributed by atoms with Crippen LogP contribution in [0.4, 0.5) is 0 Å². The van der Waals surface area contributed by atoms with Crippen LogP contribution in [0.5, 0.6) is 0 Å². The molecule has 4 fully saturated rings. The summed E-state index contributed by atoms with van der Waals surface area (Å²) in [6, 6.07) is 0. The van der Waals surface area contributed by atoms with E-state index in [2.05, 4.69) is 27.7 Å². The minimum atomic E-state index is -0.430. The number of aliphatic hydroxyl groups is 1. The molecule has 4 aliphatic rings. The van der Waals surface area contributed by atoms with Gasteiger partial charge in [0.1, 0.15) is 5.78 Å². The van der Waals surface area contributed by atoms with E-state index >= 15 is 0 Å². The number of carbonyl (C=O) groups excluding carboxylic acids is 1. The molecule has 0 saturated heterocycles. The van der Waals surface area contributed by atoms with Crippen LogP contribution < -0.4 is 0 Å². The molecule has 0 spiro atoms. The molecular formula is C25H42O2. The molecule has 0 aromatic heterocycles. The van der Waals surface area contributed by atoms with Crippen LogP contribution >= 0.6 is 0 Å². The maximum atomic E-state index is 11.7. The summed E-state index contributed by atoms with van der Waals surface area (Å²) in [7, 11) is 0. The van der Waals surface area contributed by atoms with Crippen molar-refractivity contribution in [3.63, 3.8) is 0 Å². The standard InChI is InChI=1S/C25H42O2/c1-16(14-17(2)26)20-8-9-21-19-7-6-18-15-23(3,27)12-13-24(18,4)22(19)10-11-25(20,21)5/h16,18-22,27H,6-15H2,1-5H3/t16-,18+,19?,20-,21?,22?,23+,24+,25-/m1/s1. The van der Waals surface area contributed by atoms with Gasteiger partial charge in [-0.2, -0.15) is 0 Å². The van der Waals surface area contributed by atoms with E-state index in [-0.39, 0.29) is 0 Å². The Labute approximate surface area is 166 Å². The Balaban J connectivity index is 1.55. The minimum Gasteiger partial charge on any atom is -0.390 e. The predicted molar refractivity (Wildman–Crippen MR) is 110 cm³/mol. The average molecular weight is 375 g/mol.